The van der Waals surface area contributed by atoms with Gasteiger partial charge in [0, 0.05) is 44.3 Å². The van der Waals surface area contributed by atoms with Gasteiger partial charge in [-0.05, 0) is 37.6 Å². The first-order valence-corrected chi connectivity index (χ1v) is 7.74. The first kappa shape index (κ1) is 16.3. The highest BCUT2D eigenvalue weighted by molar-refractivity contribution is 5.18. The molecule has 21 heavy (non-hydrogen) atoms. The van der Waals surface area contributed by atoms with Gasteiger partial charge in [0.1, 0.15) is 11.6 Å². The summed E-state index contributed by atoms with van der Waals surface area (Å²) in [5.41, 5.74) is 6.10. The lowest BCUT2D eigenvalue weighted by atomic mass is 10.1. The van der Waals surface area contributed by atoms with Gasteiger partial charge < -0.3 is 5.73 Å². The van der Waals surface area contributed by atoms with Crippen LogP contribution >= 0.6 is 0 Å². The molecular weight excluding hydrogens is 272 g/mol. The Labute approximate surface area is 125 Å². The van der Waals surface area contributed by atoms with E-state index in [1.165, 1.54) is 12.1 Å². The highest BCUT2D eigenvalue weighted by Crippen LogP contribution is 2.16. The van der Waals surface area contributed by atoms with Crippen molar-refractivity contribution in [2.45, 2.75) is 32.4 Å². The molecule has 5 heteroatoms. The van der Waals surface area contributed by atoms with Gasteiger partial charge in [0.05, 0.1) is 0 Å². The second-order valence-corrected chi connectivity index (χ2v) is 5.69. The molecule has 0 spiro atoms. The number of nitrogens with zero attached hydrogens (tertiary/aromatic N) is 2. The Kier molecular flexibility index (Phi) is 6.08. The van der Waals surface area contributed by atoms with Gasteiger partial charge in [-0.25, -0.2) is 8.78 Å². The predicted octanol–water partition coefficient (Wildman–Crippen LogP) is 2.21. The van der Waals surface area contributed by atoms with Gasteiger partial charge in [-0.3, -0.25) is 9.80 Å². The van der Waals surface area contributed by atoms with Gasteiger partial charge in [0.2, 0.25) is 0 Å². The van der Waals surface area contributed by atoms with E-state index < -0.39 is 0 Å². The Bertz CT molecular complexity index is 445. The van der Waals surface area contributed by atoms with Crippen molar-refractivity contribution in [3.63, 3.8) is 0 Å². The van der Waals surface area contributed by atoms with E-state index in [-0.39, 0.29) is 11.6 Å². The molecule has 0 bridgehead atoms. The van der Waals surface area contributed by atoms with Crippen LogP contribution in [0.2, 0.25) is 0 Å². The van der Waals surface area contributed by atoms with E-state index in [1.54, 1.807) is 0 Å². The van der Waals surface area contributed by atoms with Gasteiger partial charge >= 0.3 is 0 Å². The van der Waals surface area contributed by atoms with Crippen LogP contribution in [0.1, 0.15) is 25.3 Å². The smallest absolute Gasteiger partial charge is 0.127 e. The SMILES string of the molecule is CCC(CCN)N1CCN(Cc2cc(F)ccc2F)CC1. The summed E-state index contributed by atoms with van der Waals surface area (Å²) in [6.45, 7) is 7.09. The molecule has 1 atom stereocenters. The molecule has 1 heterocycles. The lowest BCUT2D eigenvalue weighted by Gasteiger charge is -2.39. The molecule has 0 aromatic heterocycles. The van der Waals surface area contributed by atoms with Gasteiger partial charge in [0.15, 0.2) is 0 Å². The topological polar surface area (TPSA) is 32.5 Å². The maximum absolute atomic E-state index is 13.7. The van der Waals surface area contributed by atoms with E-state index in [4.69, 9.17) is 5.73 Å². The maximum Gasteiger partial charge on any atom is 0.127 e. The van der Waals surface area contributed by atoms with Crippen LogP contribution in [0.5, 0.6) is 0 Å². The zero-order valence-corrected chi connectivity index (χ0v) is 12.7. The standard InChI is InChI=1S/C16H25F2N3/c1-2-15(5-6-19)21-9-7-20(8-10-21)12-13-11-14(17)3-4-16(13)18/h3-4,11,15H,2,5-10,12,19H2,1H3. The molecule has 1 unspecified atom stereocenters. The molecule has 0 radical (unpaired) electrons. The minimum absolute atomic E-state index is 0.326. The third-order valence-corrected chi connectivity index (χ3v) is 4.30. The van der Waals surface area contributed by atoms with E-state index in [0.717, 1.165) is 45.1 Å². The number of hydrogen-bond acceptors (Lipinski definition) is 3. The van der Waals surface area contributed by atoms with E-state index in [9.17, 15) is 8.78 Å². The molecule has 2 N–H and O–H groups in total. The third kappa shape index (κ3) is 4.46. The highest BCUT2D eigenvalue weighted by Gasteiger charge is 2.22. The van der Waals surface area contributed by atoms with Crippen LogP contribution in [-0.4, -0.2) is 48.6 Å². The molecule has 2 rings (SSSR count). The zero-order valence-electron chi connectivity index (χ0n) is 12.7. The van der Waals surface area contributed by atoms with E-state index in [2.05, 4.69) is 16.7 Å². The van der Waals surface area contributed by atoms with Crippen LogP contribution < -0.4 is 5.73 Å². The molecule has 1 saturated heterocycles. The van der Waals surface area contributed by atoms with Crippen LogP contribution in [0.15, 0.2) is 18.2 Å². The molecule has 1 fully saturated rings. The lowest BCUT2D eigenvalue weighted by molar-refractivity contribution is 0.0864. The molecule has 118 valence electrons. The Morgan fingerprint density at radius 2 is 1.90 bits per heavy atom. The molecule has 0 saturated carbocycles. The van der Waals surface area contributed by atoms with Crippen molar-refractivity contribution in [2.75, 3.05) is 32.7 Å². The normalized spacial score (nSPS) is 18.9. The van der Waals surface area contributed by atoms with Gasteiger partial charge in [-0.1, -0.05) is 6.92 Å². The number of rotatable bonds is 6. The fourth-order valence-corrected chi connectivity index (χ4v) is 3.03. The van der Waals surface area contributed by atoms with Crippen molar-refractivity contribution >= 4 is 0 Å². The quantitative estimate of drug-likeness (QED) is 0.874. The number of halogens is 2. The zero-order chi connectivity index (χ0) is 15.2. The molecule has 1 aliphatic rings. The van der Waals surface area contributed by atoms with Crippen molar-refractivity contribution in [2.24, 2.45) is 5.73 Å². The molecular formula is C16H25F2N3. The van der Waals surface area contributed by atoms with Crippen molar-refractivity contribution in [1.29, 1.82) is 0 Å². The average Bonchev–Trinajstić information content (AvgIpc) is 2.49. The van der Waals surface area contributed by atoms with Crippen LogP contribution in [0.25, 0.3) is 0 Å². The van der Waals surface area contributed by atoms with Crippen molar-refractivity contribution in [3.8, 4) is 0 Å². The van der Waals surface area contributed by atoms with E-state index >= 15 is 0 Å². The summed E-state index contributed by atoms with van der Waals surface area (Å²) in [6, 6.07) is 4.21. The van der Waals surface area contributed by atoms with Crippen LogP contribution in [-0.2, 0) is 6.54 Å². The van der Waals surface area contributed by atoms with Gasteiger partial charge in [-0.15, -0.1) is 0 Å². The summed E-state index contributed by atoms with van der Waals surface area (Å²) in [4.78, 5) is 4.65. The first-order valence-electron chi connectivity index (χ1n) is 7.74. The van der Waals surface area contributed by atoms with Crippen LogP contribution in [0, 0.1) is 11.6 Å². The summed E-state index contributed by atoms with van der Waals surface area (Å²) >= 11 is 0. The lowest BCUT2D eigenvalue weighted by Crippen LogP contribution is -2.50. The summed E-state index contributed by atoms with van der Waals surface area (Å²) in [6.07, 6.45) is 2.13. The summed E-state index contributed by atoms with van der Waals surface area (Å²) in [5, 5.41) is 0. The monoisotopic (exact) mass is 297 g/mol. The Hall–Kier alpha value is -1.04. The summed E-state index contributed by atoms with van der Waals surface area (Å²) in [7, 11) is 0. The molecule has 1 aromatic carbocycles. The minimum atomic E-state index is -0.376. The number of hydrogen-bond donors (Lipinski definition) is 1. The second-order valence-electron chi connectivity index (χ2n) is 5.69. The summed E-state index contributed by atoms with van der Waals surface area (Å²) < 4.78 is 26.9. The molecule has 1 aromatic rings. The first-order chi connectivity index (χ1) is 10.1. The van der Waals surface area contributed by atoms with Crippen molar-refractivity contribution in [3.05, 3.63) is 35.4 Å². The molecule has 3 nitrogen and oxygen atoms in total. The minimum Gasteiger partial charge on any atom is -0.330 e. The second kappa shape index (κ2) is 7.82. The fourth-order valence-electron chi connectivity index (χ4n) is 3.03. The Balaban J connectivity index is 1.88. The Morgan fingerprint density at radius 1 is 1.19 bits per heavy atom. The van der Waals surface area contributed by atoms with Gasteiger partial charge in [-0.2, -0.15) is 0 Å². The van der Waals surface area contributed by atoms with E-state index in [1.807, 2.05) is 0 Å². The molecule has 1 aliphatic heterocycles. The fraction of sp³-hybridized carbons (Fsp3) is 0.625. The summed E-state index contributed by atoms with van der Waals surface area (Å²) in [5.74, 6) is -0.701. The van der Waals surface area contributed by atoms with Crippen molar-refractivity contribution < 1.29 is 8.78 Å². The third-order valence-electron chi connectivity index (χ3n) is 4.30. The van der Waals surface area contributed by atoms with Crippen LogP contribution in [0.3, 0.4) is 0 Å². The number of nitrogens with two attached hydrogens (primary N) is 1. The predicted molar refractivity (Wildman–Crippen MR) is 81.0 cm³/mol. The highest BCUT2D eigenvalue weighted by atomic mass is 19.1. The average molecular weight is 297 g/mol. The van der Waals surface area contributed by atoms with Crippen LogP contribution in [0.4, 0.5) is 8.78 Å². The van der Waals surface area contributed by atoms with Crippen molar-refractivity contribution in [1.82, 2.24) is 9.80 Å². The Morgan fingerprint density at radius 3 is 2.52 bits per heavy atom. The van der Waals surface area contributed by atoms with E-state index in [0.29, 0.717) is 24.7 Å². The largest absolute Gasteiger partial charge is 0.330 e. The number of piperazine rings is 1. The molecule has 0 aliphatic carbocycles. The maximum atomic E-state index is 13.7. The van der Waals surface area contributed by atoms with Gasteiger partial charge in [0.25, 0.3) is 0 Å². The molecule has 0 amide bonds. The number of benzene rings is 1.